The van der Waals surface area contributed by atoms with Gasteiger partial charge in [-0.05, 0) is 30.4 Å². The van der Waals surface area contributed by atoms with E-state index < -0.39 is 0 Å². The molecule has 0 saturated heterocycles. The Balaban J connectivity index is 1.45. The number of hydrogen-bond acceptors (Lipinski definition) is 4. The molecule has 0 aliphatic rings. The van der Waals surface area contributed by atoms with Crippen LogP contribution in [0, 0.1) is 0 Å². The lowest BCUT2D eigenvalue weighted by Crippen LogP contribution is -2.35. The van der Waals surface area contributed by atoms with Crippen LogP contribution < -0.4 is 10.9 Å². The van der Waals surface area contributed by atoms with Gasteiger partial charge in [-0.25, -0.2) is 4.98 Å². The average molecular weight is 415 g/mol. The van der Waals surface area contributed by atoms with E-state index in [1.165, 1.54) is 22.7 Å². The van der Waals surface area contributed by atoms with Gasteiger partial charge in [-0.15, -0.1) is 0 Å². The minimum atomic E-state index is -0.270. The Bertz CT molecular complexity index is 1220. The Morgan fingerprint density at radius 3 is 2.52 bits per heavy atom. The molecule has 0 aliphatic heterocycles. The molecule has 0 spiro atoms. The molecular weight excluding hydrogens is 390 g/mol. The van der Waals surface area contributed by atoms with Crippen molar-refractivity contribution in [2.45, 2.75) is 31.8 Å². The normalized spacial score (nSPS) is 12.0. The number of benzene rings is 2. The van der Waals surface area contributed by atoms with E-state index in [0.717, 1.165) is 24.8 Å². The van der Waals surface area contributed by atoms with Crippen molar-refractivity contribution in [3.8, 4) is 0 Å². The van der Waals surface area contributed by atoms with E-state index in [4.69, 9.17) is 0 Å². The summed E-state index contributed by atoms with van der Waals surface area (Å²) in [5.74, 6) is -0.222. The smallest absolute Gasteiger partial charge is 0.264 e. The van der Waals surface area contributed by atoms with Gasteiger partial charge in [-0.1, -0.05) is 60.7 Å². The van der Waals surface area contributed by atoms with Crippen LogP contribution in [0.2, 0.25) is 0 Å². The molecule has 0 fully saturated rings. The molecular formula is C24H25N5O2. The SMILES string of the molecule is Cn1ncc2c(=O)n(CC(=O)NC(CCCc3ccccc3)c3ccccc3)cnc21. The van der Waals surface area contributed by atoms with E-state index in [-0.39, 0.29) is 24.1 Å². The zero-order valence-electron chi connectivity index (χ0n) is 17.4. The second kappa shape index (κ2) is 9.38. The summed E-state index contributed by atoms with van der Waals surface area (Å²) in [6.07, 6.45) is 5.57. The van der Waals surface area contributed by atoms with Gasteiger partial charge in [0.15, 0.2) is 5.65 Å². The van der Waals surface area contributed by atoms with Gasteiger partial charge in [0.25, 0.3) is 5.56 Å². The number of aryl methyl sites for hydroxylation is 2. The predicted octanol–water partition coefficient (Wildman–Crippen LogP) is 3.01. The highest BCUT2D eigenvalue weighted by Gasteiger charge is 2.16. The molecule has 1 N–H and O–H groups in total. The summed E-state index contributed by atoms with van der Waals surface area (Å²) in [5.41, 5.74) is 2.57. The highest BCUT2D eigenvalue weighted by Crippen LogP contribution is 2.20. The first-order valence-electron chi connectivity index (χ1n) is 10.4. The zero-order valence-corrected chi connectivity index (χ0v) is 17.4. The van der Waals surface area contributed by atoms with E-state index >= 15 is 0 Å². The van der Waals surface area contributed by atoms with Crippen molar-refractivity contribution in [1.82, 2.24) is 24.6 Å². The minimum absolute atomic E-state index is 0.0846. The van der Waals surface area contributed by atoms with Crippen LogP contribution in [-0.2, 0) is 24.8 Å². The van der Waals surface area contributed by atoms with E-state index in [1.807, 2.05) is 48.5 Å². The summed E-state index contributed by atoms with van der Waals surface area (Å²) in [6.45, 7) is -0.0846. The van der Waals surface area contributed by atoms with Gasteiger partial charge in [0.2, 0.25) is 5.91 Å². The minimum Gasteiger partial charge on any atom is -0.348 e. The maximum Gasteiger partial charge on any atom is 0.264 e. The molecule has 7 nitrogen and oxygen atoms in total. The fourth-order valence-electron chi connectivity index (χ4n) is 3.74. The third-order valence-corrected chi connectivity index (χ3v) is 5.37. The number of nitrogens with zero attached hydrogens (tertiary/aromatic N) is 4. The van der Waals surface area contributed by atoms with Gasteiger partial charge in [0, 0.05) is 7.05 Å². The molecule has 1 amide bonds. The third kappa shape index (κ3) is 4.88. The highest BCUT2D eigenvalue weighted by atomic mass is 16.2. The first-order chi connectivity index (χ1) is 15.1. The van der Waals surface area contributed by atoms with Crippen LogP contribution in [0.15, 0.2) is 78.0 Å². The van der Waals surface area contributed by atoms with Crippen LogP contribution in [0.4, 0.5) is 0 Å². The second-order valence-electron chi connectivity index (χ2n) is 7.59. The average Bonchev–Trinajstić information content (AvgIpc) is 3.18. The maximum atomic E-state index is 12.8. The van der Waals surface area contributed by atoms with Crippen LogP contribution in [0.3, 0.4) is 0 Å². The van der Waals surface area contributed by atoms with Crippen molar-refractivity contribution in [2.75, 3.05) is 0 Å². The largest absolute Gasteiger partial charge is 0.348 e. The van der Waals surface area contributed by atoms with Gasteiger partial charge < -0.3 is 5.32 Å². The Labute approximate surface area is 180 Å². The number of nitrogens with one attached hydrogen (secondary N) is 1. The molecule has 2 aromatic heterocycles. The van der Waals surface area contributed by atoms with Crippen LogP contribution in [0.25, 0.3) is 11.0 Å². The summed E-state index contributed by atoms with van der Waals surface area (Å²) in [4.78, 5) is 29.7. The predicted molar refractivity (Wildman–Crippen MR) is 119 cm³/mol. The monoisotopic (exact) mass is 415 g/mol. The van der Waals surface area contributed by atoms with Gasteiger partial charge in [0.1, 0.15) is 18.3 Å². The van der Waals surface area contributed by atoms with Gasteiger partial charge in [-0.2, -0.15) is 5.10 Å². The van der Waals surface area contributed by atoms with Crippen molar-refractivity contribution < 1.29 is 4.79 Å². The number of fused-ring (bicyclic) bond motifs is 1. The Kier molecular flexibility index (Phi) is 6.21. The lowest BCUT2D eigenvalue weighted by atomic mass is 9.99. The van der Waals surface area contributed by atoms with Gasteiger partial charge in [0.05, 0.1) is 12.2 Å². The standard InChI is InChI=1S/C24H25N5O2/c1-28-23-20(15-26-28)24(31)29(17-25-23)16-22(30)27-21(19-12-6-3-7-13-19)14-8-11-18-9-4-2-5-10-18/h2-7,9-10,12-13,15,17,21H,8,11,14,16H2,1H3,(H,27,30). The molecule has 0 aliphatic carbocycles. The zero-order chi connectivity index (χ0) is 21.6. The number of amides is 1. The molecule has 0 saturated carbocycles. The van der Waals surface area contributed by atoms with Gasteiger partial charge >= 0.3 is 0 Å². The summed E-state index contributed by atoms with van der Waals surface area (Å²) in [6, 6.07) is 20.1. The molecule has 4 aromatic rings. The lowest BCUT2D eigenvalue weighted by Gasteiger charge is -2.20. The van der Waals surface area contributed by atoms with Crippen LogP contribution >= 0.6 is 0 Å². The topological polar surface area (TPSA) is 81.8 Å². The summed E-state index contributed by atoms with van der Waals surface area (Å²) < 4.78 is 2.87. The molecule has 0 bridgehead atoms. The lowest BCUT2D eigenvalue weighted by molar-refractivity contribution is -0.122. The fraction of sp³-hybridized carbons (Fsp3) is 0.250. The maximum absolute atomic E-state index is 12.8. The Hall–Kier alpha value is -3.74. The molecule has 158 valence electrons. The molecule has 4 rings (SSSR count). The first-order valence-corrected chi connectivity index (χ1v) is 10.4. The molecule has 0 radical (unpaired) electrons. The van der Waals surface area contributed by atoms with Crippen molar-refractivity contribution >= 4 is 16.9 Å². The van der Waals surface area contributed by atoms with Crippen molar-refractivity contribution in [3.05, 3.63) is 94.7 Å². The van der Waals surface area contributed by atoms with Crippen molar-refractivity contribution in [3.63, 3.8) is 0 Å². The Morgan fingerprint density at radius 2 is 1.77 bits per heavy atom. The van der Waals surface area contributed by atoms with Gasteiger partial charge in [-0.3, -0.25) is 18.8 Å². The van der Waals surface area contributed by atoms with E-state index in [2.05, 4.69) is 27.5 Å². The molecule has 2 heterocycles. The van der Waals surface area contributed by atoms with E-state index in [1.54, 1.807) is 11.7 Å². The van der Waals surface area contributed by atoms with E-state index in [0.29, 0.717) is 11.0 Å². The first kappa shape index (κ1) is 20.5. The number of rotatable bonds is 8. The second-order valence-corrected chi connectivity index (χ2v) is 7.59. The number of carbonyl (C=O) groups excluding carboxylic acids is 1. The summed E-state index contributed by atoms with van der Waals surface area (Å²) >= 11 is 0. The van der Waals surface area contributed by atoms with Crippen LogP contribution in [0.5, 0.6) is 0 Å². The molecule has 1 atom stereocenters. The highest BCUT2D eigenvalue weighted by molar-refractivity contribution is 5.77. The summed E-state index contributed by atoms with van der Waals surface area (Å²) in [7, 11) is 1.73. The van der Waals surface area contributed by atoms with Crippen LogP contribution in [-0.4, -0.2) is 25.2 Å². The Morgan fingerprint density at radius 1 is 1.06 bits per heavy atom. The number of carbonyl (C=O) groups is 1. The van der Waals surface area contributed by atoms with Crippen molar-refractivity contribution in [1.29, 1.82) is 0 Å². The molecule has 31 heavy (non-hydrogen) atoms. The van der Waals surface area contributed by atoms with Crippen LogP contribution in [0.1, 0.15) is 30.0 Å². The number of aromatic nitrogens is 4. The molecule has 2 aromatic carbocycles. The molecule has 1 unspecified atom stereocenters. The number of hydrogen-bond donors (Lipinski definition) is 1. The fourth-order valence-corrected chi connectivity index (χ4v) is 3.74. The molecule has 7 heteroatoms. The van der Waals surface area contributed by atoms with Crippen molar-refractivity contribution in [2.24, 2.45) is 7.05 Å². The summed E-state index contributed by atoms with van der Waals surface area (Å²) in [5, 5.41) is 7.57. The third-order valence-electron chi connectivity index (χ3n) is 5.37. The van der Waals surface area contributed by atoms with E-state index in [9.17, 15) is 9.59 Å². The quantitative estimate of drug-likeness (QED) is 0.480.